The fourth-order valence-electron chi connectivity index (χ4n) is 2.72. The smallest absolute Gasteiger partial charge is 0.243 e. The van der Waals surface area contributed by atoms with Gasteiger partial charge in [0, 0.05) is 22.6 Å². The summed E-state index contributed by atoms with van der Waals surface area (Å²) in [4.78, 5) is 24.5. The first kappa shape index (κ1) is 18.1. The maximum Gasteiger partial charge on any atom is 0.243 e. The predicted molar refractivity (Wildman–Crippen MR) is 102 cm³/mol. The average molecular weight is 416 g/mol. The molecule has 0 bridgehead atoms. The zero-order valence-corrected chi connectivity index (χ0v) is 16.0. The van der Waals surface area contributed by atoms with Crippen LogP contribution in [-0.2, 0) is 14.3 Å². The molecule has 1 heterocycles. The Balaban J connectivity index is 1.78. The first-order valence-corrected chi connectivity index (χ1v) is 8.86. The first-order valence-electron chi connectivity index (χ1n) is 8.07. The van der Waals surface area contributed by atoms with Crippen LogP contribution in [0.25, 0.3) is 0 Å². The van der Waals surface area contributed by atoms with Crippen LogP contribution in [0.1, 0.15) is 25.8 Å². The second kappa shape index (κ2) is 7.29. The summed E-state index contributed by atoms with van der Waals surface area (Å²) in [6.45, 7) is 3.07. The van der Waals surface area contributed by atoms with Crippen molar-refractivity contribution in [1.29, 1.82) is 0 Å². The minimum Gasteiger partial charge on any atom is -0.447 e. The molecule has 0 radical (unpaired) electrons. The van der Waals surface area contributed by atoms with Crippen molar-refractivity contribution in [3.63, 3.8) is 0 Å². The molecular weight excluding hydrogens is 398 g/mol. The van der Waals surface area contributed by atoms with Crippen LogP contribution in [-0.4, -0.2) is 28.4 Å². The second-order valence-corrected chi connectivity index (χ2v) is 7.03. The molecule has 2 amide bonds. The van der Waals surface area contributed by atoms with Gasteiger partial charge in [0.05, 0.1) is 6.42 Å². The molecule has 3 rings (SSSR count). The average Bonchev–Trinajstić information content (AvgIpc) is 2.93. The number of halogens is 1. The molecule has 1 aliphatic rings. The number of anilines is 1. The third kappa shape index (κ3) is 3.94. The fourth-order valence-corrected chi connectivity index (χ4v) is 2.98. The number of hydrazone groups is 1. The van der Waals surface area contributed by atoms with Gasteiger partial charge in [0.2, 0.25) is 23.4 Å². The summed E-state index contributed by atoms with van der Waals surface area (Å²) >= 11 is 3.38. The van der Waals surface area contributed by atoms with Crippen LogP contribution in [0.15, 0.2) is 64.2 Å². The lowest BCUT2D eigenvalue weighted by molar-refractivity contribution is -0.147. The van der Waals surface area contributed by atoms with E-state index in [0.717, 1.165) is 10.0 Å². The summed E-state index contributed by atoms with van der Waals surface area (Å²) in [5.41, 5.74) is 0.224. The molecular formula is C19H18BrN3O3. The minimum absolute atomic E-state index is 0.0506. The van der Waals surface area contributed by atoms with Crippen LogP contribution < -0.4 is 5.32 Å². The lowest BCUT2D eigenvalue weighted by Gasteiger charge is -2.30. The number of carbonyl (C=O) groups is 2. The highest BCUT2D eigenvalue weighted by atomic mass is 79.9. The van der Waals surface area contributed by atoms with Crippen LogP contribution in [0.2, 0.25) is 0 Å². The van der Waals surface area contributed by atoms with E-state index in [1.165, 1.54) is 11.9 Å². The van der Waals surface area contributed by atoms with Crippen LogP contribution in [0.5, 0.6) is 0 Å². The first-order chi connectivity index (χ1) is 12.4. The lowest BCUT2D eigenvalue weighted by atomic mass is 10.1. The van der Waals surface area contributed by atoms with E-state index in [1.807, 2.05) is 42.5 Å². The molecule has 2 aromatic rings. The zero-order chi connectivity index (χ0) is 18.7. The third-order valence-corrected chi connectivity index (χ3v) is 4.42. The van der Waals surface area contributed by atoms with Gasteiger partial charge in [0.15, 0.2) is 0 Å². The Morgan fingerprint density at radius 1 is 1.15 bits per heavy atom. The molecule has 0 aromatic heterocycles. The van der Waals surface area contributed by atoms with Gasteiger partial charge < -0.3 is 10.1 Å². The van der Waals surface area contributed by atoms with Crippen molar-refractivity contribution < 1.29 is 14.3 Å². The molecule has 0 spiro atoms. The summed E-state index contributed by atoms with van der Waals surface area (Å²) < 4.78 is 6.86. The summed E-state index contributed by atoms with van der Waals surface area (Å²) in [7, 11) is 0. The third-order valence-electron chi connectivity index (χ3n) is 3.89. The highest BCUT2D eigenvalue weighted by Crippen LogP contribution is 2.31. The highest BCUT2D eigenvalue weighted by molar-refractivity contribution is 9.10. The molecule has 0 fully saturated rings. The molecule has 6 nitrogen and oxygen atoms in total. The van der Waals surface area contributed by atoms with Crippen molar-refractivity contribution in [2.75, 3.05) is 5.32 Å². The van der Waals surface area contributed by atoms with Gasteiger partial charge in [-0.25, -0.2) is 0 Å². The second-order valence-electron chi connectivity index (χ2n) is 6.11. The van der Waals surface area contributed by atoms with Crippen molar-refractivity contribution >= 4 is 39.3 Å². The number of nitrogens with zero attached hydrogens (tertiary/aromatic N) is 2. The van der Waals surface area contributed by atoms with E-state index < -0.39 is 5.72 Å². The standard InChI is InChI=1S/C19H18BrN3O3/c1-13(24)23-19(2,12-17(25)21-16-6-4-3-5-7-16)26-18(22-23)14-8-10-15(20)11-9-14/h3-11H,12H2,1-2H3,(H,21,25)/t19-/m0/s1. The molecule has 134 valence electrons. The van der Waals surface area contributed by atoms with Gasteiger partial charge in [-0.2, -0.15) is 5.01 Å². The van der Waals surface area contributed by atoms with Crippen molar-refractivity contribution in [2.24, 2.45) is 5.10 Å². The van der Waals surface area contributed by atoms with Crippen LogP contribution in [0.4, 0.5) is 5.69 Å². The Hall–Kier alpha value is -2.67. The summed E-state index contributed by atoms with van der Waals surface area (Å²) in [5, 5.41) is 8.30. The molecule has 0 saturated carbocycles. The quantitative estimate of drug-likeness (QED) is 0.826. The van der Waals surface area contributed by atoms with Gasteiger partial charge in [0.25, 0.3) is 0 Å². The molecule has 26 heavy (non-hydrogen) atoms. The van der Waals surface area contributed by atoms with Gasteiger partial charge in [0.1, 0.15) is 0 Å². The van der Waals surface area contributed by atoms with Gasteiger partial charge in [-0.1, -0.05) is 34.1 Å². The van der Waals surface area contributed by atoms with Crippen LogP contribution >= 0.6 is 15.9 Å². The highest BCUT2D eigenvalue weighted by Gasteiger charge is 2.45. The van der Waals surface area contributed by atoms with E-state index in [-0.39, 0.29) is 18.2 Å². The van der Waals surface area contributed by atoms with Gasteiger partial charge in [-0.3, -0.25) is 9.59 Å². The van der Waals surface area contributed by atoms with Crippen molar-refractivity contribution in [3.8, 4) is 0 Å². The van der Waals surface area contributed by atoms with Gasteiger partial charge in [-0.15, -0.1) is 5.10 Å². The molecule has 7 heteroatoms. The monoisotopic (exact) mass is 415 g/mol. The number of ether oxygens (including phenoxy) is 1. The number of para-hydroxylation sites is 1. The van der Waals surface area contributed by atoms with E-state index in [1.54, 1.807) is 19.1 Å². The summed E-state index contributed by atoms with van der Waals surface area (Å²) in [5.74, 6) is -0.257. The van der Waals surface area contributed by atoms with Crippen LogP contribution in [0, 0.1) is 0 Å². The lowest BCUT2D eigenvalue weighted by Crippen LogP contribution is -2.46. The number of amides is 2. The Bertz CT molecular complexity index is 852. The van der Waals surface area contributed by atoms with E-state index >= 15 is 0 Å². The topological polar surface area (TPSA) is 71.0 Å². The number of hydrogen-bond donors (Lipinski definition) is 1. The number of carbonyl (C=O) groups excluding carboxylic acids is 2. The molecule has 0 saturated heterocycles. The normalized spacial score (nSPS) is 18.9. The molecule has 2 aromatic carbocycles. The summed E-state index contributed by atoms with van der Waals surface area (Å²) in [6.07, 6.45) is -0.0506. The molecule has 1 atom stereocenters. The molecule has 0 aliphatic carbocycles. The fraction of sp³-hybridized carbons (Fsp3) is 0.211. The zero-order valence-electron chi connectivity index (χ0n) is 14.4. The molecule has 0 unspecified atom stereocenters. The Morgan fingerprint density at radius 2 is 1.81 bits per heavy atom. The van der Waals surface area contributed by atoms with Crippen molar-refractivity contribution in [2.45, 2.75) is 26.0 Å². The Kier molecular flexibility index (Phi) is 5.08. The van der Waals surface area contributed by atoms with Gasteiger partial charge >= 0.3 is 0 Å². The van der Waals surface area contributed by atoms with E-state index in [0.29, 0.717) is 11.6 Å². The van der Waals surface area contributed by atoms with E-state index in [4.69, 9.17) is 4.74 Å². The van der Waals surface area contributed by atoms with Gasteiger partial charge in [-0.05, 0) is 43.3 Å². The minimum atomic E-state index is -1.19. The largest absolute Gasteiger partial charge is 0.447 e. The number of benzene rings is 2. The molecule has 1 aliphatic heterocycles. The maximum atomic E-state index is 12.4. The number of hydrogen-bond acceptors (Lipinski definition) is 4. The Labute approximate surface area is 160 Å². The number of nitrogens with one attached hydrogen (secondary N) is 1. The summed E-state index contributed by atoms with van der Waals surface area (Å²) in [6, 6.07) is 16.5. The Morgan fingerprint density at radius 3 is 2.42 bits per heavy atom. The van der Waals surface area contributed by atoms with E-state index in [9.17, 15) is 9.59 Å². The van der Waals surface area contributed by atoms with Crippen molar-refractivity contribution in [1.82, 2.24) is 5.01 Å². The van der Waals surface area contributed by atoms with Crippen molar-refractivity contribution in [3.05, 3.63) is 64.6 Å². The number of rotatable bonds is 4. The predicted octanol–water partition coefficient (Wildman–Crippen LogP) is 3.73. The van der Waals surface area contributed by atoms with Crippen LogP contribution in [0.3, 0.4) is 0 Å². The maximum absolute atomic E-state index is 12.4. The van der Waals surface area contributed by atoms with E-state index in [2.05, 4.69) is 26.3 Å². The molecule has 1 N–H and O–H groups in total. The SMILES string of the molecule is CC(=O)N1N=C(c2ccc(Br)cc2)O[C@@]1(C)CC(=O)Nc1ccccc1.